The minimum Gasteiger partial charge on any atom is -0.507 e. The van der Waals surface area contributed by atoms with Crippen molar-refractivity contribution in [2.45, 2.75) is 6.10 Å². The maximum absolute atomic E-state index is 10.9. The highest BCUT2D eigenvalue weighted by Gasteiger charge is 2.15. The fraction of sp³-hybridized carbons (Fsp3) is 0.0714. The Hall–Kier alpha value is -2.33. The van der Waals surface area contributed by atoms with E-state index in [1.54, 1.807) is 24.3 Å². The Morgan fingerprint density at radius 1 is 1.00 bits per heavy atom. The van der Waals surface area contributed by atoms with Gasteiger partial charge in [0, 0.05) is 0 Å². The topological polar surface area (TPSA) is 77.8 Å². The van der Waals surface area contributed by atoms with E-state index in [1.165, 1.54) is 18.2 Å². The van der Waals surface area contributed by atoms with Gasteiger partial charge in [-0.15, -0.1) is 0 Å². The molecule has 1 unspecified atom stereocenters. The zero-order valence-corrected chi connectivity index (χ0v) is 9.45. The number of aliphatic hydroxyl groups excluding tert-OH is 1. The van der Waals surface area contributed by atoms with Crippen LogP contribution in [0.5, 0.6) is 5.75 Å². The number of aliphatic hydroxyl groups is 1. The van der Waals surface area contributed by atoms with Crippen LogP contribution in [-0.4, -0.2) is 21.3 Å². The lowest BCUT2D eigenvalue weighted by atomic mass is 9.99. The number of aromatic carboxylic acids is 1. The zero-order valence-electron chi connectivity index (χ0n) is 9.45. The fourth-order valence-electron chi connectivity index (χ4n) is 1.72. The summed E-state index contributed by atoms with van der Waals surface area (Å²) < 4.78 is 0. The number of carboxylic acids is 1. The molecule has 0 fully saturated rings. The van der Waals surface area contributed by atoms with Crippen molar-refractivity contribution >= 4 is 5.97 Å². The average Bonchev–Trinajstić information content (AvgIpc) is 2.39. The van der Waals surface area contributed by atoms with Crippen molar-refractivity contribution in [2.75, 3.05) is 0 Å². The van der Waals surface area contributed by atoms with E-state index in [0.29, 0.717) is 11.1 Å². The van der Waals surface area contributed by atoms with E-state index in [4.69, 9.17) is 5.11 Å². The number of carbonyl (C=O) groups is 1. The highest BCUT2D eigenvalue weighted by atomic mass is 16.4. The summed E-state index contributed by atoms with van der Waals surface area (Å²) in [5.74, 6) is -1.54. The van der Waals surface area contributed by atoms with Gasteiger partial charge in [0.25, 0.3) is 0 Å². The van der Waals surface area contributed by atoms with E-state index in [1.807, 2.05) is 6.07 Å². The van der Waals surface area contributed by atoms with E-state index in [2.05, 4.69) is 0 Å². The van der Waals surface area contributed by atoms with Crippen molar-refractivity contribution in [1.82, 2.24) is 0 Å². The molecule has 0 amide bonds. The summed E-state index contributed by atoms with van der Waals surface area (Å²) in [7, 11) is 0. The molecule has 0 aliphatic rings. The Morgan fingerprint density at radius 3 is 2.28 bits per heavy atom. The standard InChI is InChI=1S/C14H12O4/c15-12-7-6-10(8-11(12)14(17)18)13(16)9-4-2-1-3-5-9/h1-8,13,15-16H,(H,17,18). The van der Waals surface area contributed by atoms with Crippen molar-refractivity contribution in [3.8, 4) is 5.75 Å². The van der Waals surface area contributed by atoms with E-state index < -0.39 is 12.1 Å². The largest absolute Gasteiger partial charge is 0.507 e. The molecule has 2 rings (SSSR count). The van der Waals surface area contributed by atoms with Gasteiger partial charge in [-0.25, -0.2) is 4.79 Å². The zero-order chi connectivity index (χ0) is 13.1. The molecular formula is C14H12O4. The number of aromatic hydroxyl groups is 1. The highest BCUT2D eigenvalue weighted by molar-refractivity contribution is 5.91. The van der Waals surface area contributed by atoms with Gasteiger partial charge in [-0.1, -0.05) is 36.4 Å². The minimum absolute atomic E-state index is 0.220. The van der Waals surface area contributed by atoms with Crippen molar-refractivity contribution in [3.63, 3.8) is 0 Å². The molecule has 4 heteroatoms. The first-order chi connectivity index (χ1) is 8.59. The first-order valence-corrected chi connectivity index (χ1v) is 5.39. The smallest absolute Gasteiger partial charge is 0.339 e. The van der Waals surface area contributed by atoms with Crippen LogP contribution < -0.4 is 0 Å². The molecule has 18 heavy (non-hydrogen) atoms. The van der Waals surface area contributed by atoms with Gasteiger partial charge in [-0.2, -0.15) is 0 Å². The van der Waals surface area contributed by atoms with Gasteiger partial charge in [0.15, 0.2) is 0 Å². The van der Waals surface area contributed by atoms with Crippen molar-refractivity contribution in [2.24, 2.45) is 0 Å². The van der Waals surface area contributed by atoms with E-state index in [0.717, 1.165) is 0 Å². The molecule has 2 aromatic carbocycles. The van der Waals surface area contributed by atoms with Crippen molar-refractivity contribution in [1.29, 1.82) is 0 Å². The first-order valence-electron chi connectivity index (χ1n) is 5.39. The van der Waals surface area contributed by atoms with Crippen LogP contribution >= 0.6 is 0 Å². The predicted molar refractivity (Wildman–Crippen MR) is 65.6 cm³/mol. The van der Waals surface area contributed by atoms with Gasteiger partial charge in [0.05, 0.1) is 0 Å². The summed E-state index contributed by atoms with van der Waals surface area (Å²) >= 11 is 0. The third kappa shape index (κ3) is 2.33. The Bertz CT molecular complexity index is 563. The predicted octanol–water partition coefficient (Wildman–Crippen LogP) is 2.17. The number of phenols is 1. The van der Waals surface area contributed by atoms with E-state index >= 15 is 0 Å². The second-order valence-electron chi connectivity index (χ2n) is 3.89. The highest BCUT2D eigenvalue weighted by Crippen LogP contribution is 2.26. The normalized spacial score (nSPS) is 12.1. The van der Waals surface area contributed by atoms with Crippen LogP contribution in [-0.2, 0) is 0 Å². The summed E-state index contributed by atoms with van der Waals surface area (Å²) in [6, 6.07) is 12.9. The van der Waals surface area contributed by atoms with Gasteiger partial charge in [-0.05, 0) is 23.3 Å². The monoisotopic (exact) mass is 244 g/mol. The summed E-state index contributed by atoms with van der Waals surface area (Å²) in [5.41, 5.74) is 0.874. The molecule has 1 atom stereocenters. The second-order valence-corrected chi connectivity index (χ2v) is 3.89. The Kier molecular flexibility index (Phi) is 3.30. The summed E-state index contributed by atoms with van der Waals surface area (Å²) in [4.78, 5) is 10.9. The molecule has 0 aliphatic carbocycles. The Morgan fingerprint density at radius 2 is 1.67 bits per heavy atom. The molecule has 92 valence electrons. The lowest BCUT2D eigenvalue weighted by Crippen LogP contribution is -2.03. The van der Waals surface area contributed by atoms with Crippen LogP contribution in [0.1, 0.15) is 27.6 Å². The second kappa shape index (κ2) is 4.89. The number of rotatable bonds is 3. The van der Waals surface area contributed by atoms with Crippen LogP contribution in [0.15, 0.2) is 48.5 Å². The molecule has 2 aromatic rings. The molecule has 0 aliphatic heterocycles. The third-order valence-corrected chi connectivity index (χ3v) is 2.68. The molecule has 0 aromatic heterocycles. The number of hydrogen-bond donors (Lipinski definition) is 3. The van der Waals surface area contributed by atoms with Gasteiger partial charge < -0.3 is 15.3 Å². The SMILES string of the molecule is O=C(O)c1cc(C(O)c2ccccc2)ccc1O. The van der Waals surface area contributed by atoms with Crippen molar-refractivity contribution in [3.05, 3.63) is 65.2 Å². The number of hydrogen-bond acceptors (Lipinski definition) is 3. The summed E-state index contributed by atoms with van der Waals surface area (Å²) in [5, 5.41) is 28.4. The molecule has 0 bridgehead atoms. The van der Waals surface area contributed by atoms with Crippen LogP contribution in [0, 0.1) is 0 Å². The molecule has 4 nitrogen and oxygen atoms in total. The molecule has 0 radical (unpaired) electrons. The van der Waals surface area contributed by atoms with Gasteiger partial charge >= 0.3 is 5.97 Å². The lowest BCUT2D eigenvalue weighted by Gasteiger charge is -2.12. The maximum atomic E-state index is 10.9. The Labute approximate surface area is 104 Å². The van der Waals surface area contributed by atoms with Gasteiger partial charge in [-0.3, -0.25) is 0 Å². The van der Waals surface area contributed by atoms with E-state index in [9.17, 15) is 15.0 Å². The van der Waals surface area contributed by atoms with Crippen LogP contribution in [0.3, 0.4) is 0 Å². The average molecular weight is 244 g/mol. The molecule has 0 heterocycles. The quantitative estimate of drug-likeness (QED) is 0.773. The first kappa shape index (κ1) is 12.1. The maximum Gasteiger partial charge on any atom is 0.339 e. The van der Waals surface area contributed by atoms with Crippen molar-refractivity contribution < 1.29 is 20.1 Å². The number of benzene rings is 2. The molecule has 0 saturated carbocycles. The molecular weight excluding hydrogens is 232 g/mol. The lowest BCUT2D eigenvalue weighted by molar-refractivity contribution is 0.0693. The van der Waals surface area contributed by atoms with Gasteiger partial charge in [0.1, 0.15) is 17.4 Å². The van der Waals surface area contributed by atoms with E-state index in [-0.39, 0.29) is 11.3 Å². The van der Waals surface area contributed by atoms with Gasteiger partial charge in [0.2, 0.25) is 0 Å². The summed E-state index contributed by atoms with van der Waals surface area (Å²) in [6.07, 6.45) is -0.912. The minimum atomic E-state index is -1.23. The van der Waals surface area contributed by atoms with Crippen LogP contribution in [0.25, 0.3) is 0 Å². The molecule has 0 saturated heterocycles. The Balaban J connectivity index is 2.40. The fourth-order valence-corrected chi connectivity index (χ4v) is 1.72. The van der Waals surface area contributed by atoms with Crippen LogP contribution in [0.4, 0.5) is 0 Å². The number of carboxylic acid groups (broad SMARTS) is 1. The third-order valence-electron chi connectivity index (χ3n) is 2.68. The molecule has 3 N–H and O–H groups in total. The summed E-state index contributed by atoms with van der Waals surface area (Å²) in [6.45, 7) is 0. The van der Waals surface area contributed by atoms with Crippen LogP contribution in [0.2, 0.25) is 0 Å². The molecule has 0 spiro atoms.